The van der Waals surface area contributed by atoms with E-state index in [1.54, 1.807) is 0 Å². The molecule has 3 heteroatoms. The summed E-state index contributed by atoms with van der Waals surface area (Å²) in [5.41, 5.74) is 2.51. The molecule has 1 amide bonds. The van der Waals surface area contributed by atoms with Crippen LogP contribution in [0.25, 0.3) is 0 Å². The highest BCUT2D eigenvalue weighted by Gasteiger charge is 2.43. The number of hydrogen-bond donors (Lipinski definition) is 2. The number of rotatable bonds is 5. The molecule has 0 atom stereocenters. The van der Waals surface area contributed by atoms with Crippen LogP contribution in [0.3, 0.4) is 0 Å². The van der Waals surface area contributed by atoms with Crippen LogP contribution in [0.1, 0.15) is 16.7 Å². The first kappa shape index (κ1) is 19.0. The summed E-state index contributed by atoms with van der Waals surface area (Å²) >= 11 is 4.34. The minimum atomic E-state index is -0.983. The Morgan fingerprint density at radius 3 is 1.34 bits per heavy atom. The standard InChI is InChI=1S/C26H21NOS/c28-25(27-23-16-18-24(29)19-17-23)26(20-10-4-1-5-11-20,21-12-6-2-7-13-21)22-14-8-3-9-15-22/h1-19,29H,(H,27,28). The third-order valence-corrected chi connectivity index (χ3v) is 5.38. The van der Waals surface area contributed by atoms with Gasteiger partial charge in [0.05, 0.1) is 0 Å². The maximum atomic E-state index is 14.0. The topological polar surface area (TPSA) is 29.1 Å². The Bertz CT molecular complexity index is 981. The largest absolute Gasteiger partial charge is 0.325 e. The summed E-state index contributed by atoms with van der Waals surface area (Å²) in [4.78, 5) is 14.8. The van der Waals surface area contributed by atoms with Crippen LogP contribution in [0.15, 0.2) is 120 Å². The van der Waals surface area contributed by atoms with Crippen molar-refractivity contribution in [2.24, 2.45) is 0 Å². The third kappa shape index (κ3) is 3.69. The molecule has 0 saturated heterocycles. The second-order valence-electron chi connectivity index (χ2n) is 6.85. The van der Waals surface area contributed by atoms with Gasteiger partial charge in [0.2, 0.25) is 5.91 Å². The Balaban J connectivity index is 1.94. The van der Waals surface area contributed by atoms with Crippen molar-refractivity contribution in [3.05, 3.63) is 132 Å². The molecule has 0 unspecified atom stereocenters. The molecular weight excluding hydrogens is 374 g/mol. The average Bonchev–Trinajstić information content (AvgIpc) is 2.78. The van der Waals surface area contributed by atoms with Crippen LogP contribution in [-0.4, -0.2) is 5.91 Å². The fourth-order valence-electron chi connectivity index (χ4n) is 3.73. The summed E-state index contributed by atoms with van der Waals surface area (Å²) in [5.74, 6) is -0.104. The second-order valence-corrected chi connectivity index (χ2v) is 7.37. The van der Waals surface area contributed by atoms with Crippen molar-refractivity contribution < 1.29 is 4.79 Å². The minimum Gasteiger partial charge on any atom is -0.325 e. The SMILES string of the molecule is O=C(Nc1ccc(S)cc1)C(c1ccccc1)(c1ccccc1)c1ccccc1. The van der Waals surface area contributed by atoms with Crippen LogP contribution in [0.5, 0.6) is 0 Å². The average molecular weight is 396 g/mol. The van der Waals surface area contributed by atoms with Gasteiger partial charge < -0.3 is 5.32 Å². The van der Waals surface area contributed by atoms with Gasteiger partial charge in [0.1, 0.15) is 5.41 Å². The Morgan fingerprint density at radius 1 is 0.586 bits per heavy atom. The van der Waals surface area contributed by atoms with Crippen molar-refractivity contribution in [3.8, 4) is 0 Å². The molecule has 142 valence electrons. The zero-order valence-corrected chi connectivity index (χ0v) is 16.7. The summed E-state index contributed by atoms with van der Waals surface area (Å²) in [5, 5.41) is 3.13. The van der Waals surface area contributed by atoms with E-state index in [4.69, 9.17) is 0 Å². The Hall–Kier alpha value is -3.30. The lowest BCUT2D eigenvalue weighted by atomic mass is 9.68. The molecule has 4 aromatic rings. The molecule has 0 bridgehead atoms. The van der Waals surface area contributed by atoms with Gasteiger partial charge in [-0.25, -0.2) is 0 Å². The van der Waals surface area contributed by atoms with Gasteiger partial charge in [-0.05, 0) is 41.0 Å². The number of amides is 1. The summed E-state index contributed by atoms with van der Waals surface area (Å²) < 4.78 is 0. The van der Waals surface area contributed by atoms with E-state index in [2.05, 4.69) is 17.9 Å². The van der Waals surface area contributed by atoms with E-state index < -0.39 is 5.41 Å². The number of hydrogen-bond acceptors (Lipinski definition) is 2. The molecular formula is C26H21NOS. The molecule has 0 heterocycles. The third-order valence-electron chi connectivity index (χ3n) is 5.09. The number of nitrogens with one attached hydrogen (secondary N) is 1. The Morgan fingerprint density at radius 2 is 0.966 bits per heavy atom. The van der Waals surface area contributed by atoms with Crippen LogP contribution < -0.4 is 5.32 Å². The van der Waals surface area contributed by atoms with E-state index in [9.17, 15) is 4.79 Å². The van der Waals surface area contributed by atoms with E-state index in [0.29, 0.717) is 0 Å². The zero-order chi connectivity index (χ0) is 20.1. The fourth-order valence-corrected chi connectivity index (χ4v) is 3.88. The zero-order valence-electron chi connectivity index (χ0n) is 15.8. The molecule has 0 saturated carbocycles. The highest BCUT2D eigenvalue weighted by Crippen LogP contribution is 2.40. The maximum absolute atomic E-state index is 14.0. The van der Waals surface area contributed by atoms with E-state index in [0.717, 1.165) is 27.3 Å². The first-order chi connectivity index (χ1) is 14.2. The van der Waals surface area contributed by atoms with Crippen molar-refractivity contribution >= 4 is 24.2 Å². The molecule has 0 spiro atoms. The molecule has 0 fully saturated rings. The van der Waals surface area contributed by atoms with E-state index in [-0.39, 0.29) is 5.91 Å². The number of carbonyl (C=O) groups is 1. The van der Waals surface area contributed by atoms with Crippen LogP contribution in [0.4, 0.5) is 5.69 Å². The molecule has 2 nitrogen and oxygen atoms in total. The van der Waals surface area contributed by atoms with Crippen LogP contribution in [0.2, 0.25) is 0 Å². The Labute approximate surface area is 176 Å². The van der Waals surface area contributed by atoms with Gasteiger partial charge in [-0.2, -0.15) is 0 Å². The van der Waals surface area contributed by atoms with E-state index >= 15 is 0 Å². The number of thiol groups is 1. The smallest absolute Gasteiger partial charge is 0.244 e. The van der Waals surface area contributed by atoms with Crippen molar-refractivity contribution in [1.82, 2.24) is 0 Å². The lowest BCUT2D eigenvalue weighted by Gasteiger charge is -2.34. The summed E-state index contributed by atoms with van der Waals surface area (Å²) in [6, 6.07) is 37.3. The quantitative estimate of drug-likeness (QED) is 0.317. The van der Waals surface area contributed by atoms with Gasteiger partial charge in [-0.3, -0.25) is 4.79 Å². The summed E-state index contributed by atoms with van der Waals surface area (Å²) in [6.07, 6.45) is 0. The normalized spacial score (nSPS) is 11.1. The Kier molecular flexibility index (Phi) is 5.50. The van der Waals surface area contributed by atoms with Gasteiger partial charge in [0, 0.05) is 10.6 Å². The highest BCUT2D eigenvalue weighted by atomic mass is 32.1. The first-order valence-electron chi connectivity index (χ1n) is 9.48. The molecule has 4 rings (SSSR count). The monoisotopic (exact) mass is 395 g/mol. The highest BCUT2D eigenvalue weighted by molar-refractivity contribution is 7.80. The van der Waals surface area contributed by atoms with Crippen molar-refractivity contribution in [2.45, 2.75) is 10.3 Å². The maximum Gasteiger partial charge on any atom is 0.244 e. The molecule has 29 heavy (non-hydrogen) atoms. The van der Waals surface area contributed by atoms with Gasteiger partial charge in [-0.15, -0.1) is 12.6 Å². The minimum absolute atomic E-state index is 0.104. The molecule has 4 aromatic carbocycles. The van der Waals surface area contributed by atoms with Crippen molar-refractivity contribution in [1.29, 1.82) is 0 Å². The first-order valence-corrected chi connectivity index (χ1v) is 9.93. The molecule has 0 aliphatic carbocycles. The van der Waals surface area contributed by atoms with Crippen molar-refractivity contribution in [3.63, 3.8) is 0 Å². The van der Waals surface area contributed by atoms with Crippen LogP contribution in [-0.2, 0) is 10.2 Å². The predicted octanol–water partition coefficient (Wildman–Crippen LogP) is 5.95. The van der Waals surface area contributed by atoms with Gasteiger partial charge in [-0.1, -0.05) is 91.0 Å². The number of anilines is 1. The number of benzene rings is 4. The van der Waals surface area contributed by atoms with E-state index in [1.807, 2.05) is 115 Å². The lowest BCUT2D eigenvalue weighted by molar-refractivity contribution is -0.119. The number of carbonyl (C=O) groups excluding carboxylic acids is 1. The second kappa shape index (κ2) is 8.38. The van der Waals surface area contributed by atoms with Gasteiger partial charge >= 0.3 is 0 Å². The van der Waals surface area contributed by atoms with Crippen LogP contribution in [0, 0.1) is 0 Å². The van der Waals surface area contributed by atoms with Crippen molar-refractivity contribution in [2.75, 3.05) is 5.32 Å². The van der Waals surface area contributed by atoms with Crippen LogP contribution >= 0.6 is 12.6 Å². The molecule has 0 aliphatic rings. The van der Waals surface area contributed by atoms with Gasteiger partial charge in [0.15, 0.2) is 0 Å². The fraction of sp³-hybridized carbons (Fsp3) is 0.0385. The molecule has 0 radical (unpaired) electrons. The molecule has 1 N–H and O–H groups in total. The molecule has 0 aromatic heterocycles. The lowest BCUT2D eigenvalue weighted by Crippen LogP contribution is -2.42. The molecule has 0 aliphatic heterocycles. The summed E-state index contributed by atoms with van der Waals surface area (Å²) in [7, 11) is 0. The van der Waals surface area contributed by atoms with E-state index in [1.165, 1.54) is 0 Å². The predicted molar refractivity (Wildman–Crippen MR) is 122 cm³/mol. The summed E-state index contributed by atoms with van der Waals surface area (Å²) in [6.45, 7) is 0. The van der Waals surface area contributed by atoms with Gasteiger partial charge in [0.25, 0.3) is 0 Å².